The van der Waals surface area contributed by atoms with Crippen molar-refractivity contribution in [3.8, 4) is 17.6 Å². The molecule has 0 heterocycles. The van der Waals surface area contributed by atoms with E-state index in [0.29, 0.717) is 30.2 Å². The summed E-state index contributed by atoms with van der Waals surface area (Å²) in [6.07, 6.45) is 3.41. The number of nitrogens with one attached hydrogen (secondary N) is 1. The van der Waals surface area contributed by atoms with Crippen LogP contribution in [0.1, 0.15) is 30.9 Å². The molecule has 0 radical (unpaired) electrons. The monoisotopic (exact) mass is 364 g/mol. The summed E-state index contributed by atoms with van der Waals surface area (Å²) in [5.74, 6) is 0.780. The second-order valence-corrected chi connectivity index (χ2v) is 5.96. The highest BCUT2D eigenvalue weighted by atomic mass is 16.5. The molecule has 2 aromatic rings. The molecule has 0 saturated carbocycles. The van der Waals surface area contributed by atoms with Gasteiger partial charge in [-0.15, -0.1) is 0 Å². The number of unbranched alkanes of at least 4 members (excludes halogenated alkanes) is 1. The normalized spacial score (nSPS) is 10.8. The van der Waals surface area contributed by atoms with Crippen molar-refractivity contribution in [2.45, 2.75) is 26.4 Å². The Hall–Kier alpha value is -3.26. The average molecular weight is 364 g/mol. The van der Waals surface area contributed by atoms with E-state index in [1.807, 2.05) is 43.3 Å². The van der Waals surface area contributed by atoms with E-state index >= 15 is 0 Å². The van der Waals surface area contributed by atoms with Gasteiger partial charge in [0.25, 0.3) is 5.91 Å². The first kappa shape index (κ1) is 20.1. The van der Waals surface area contributed by atoms with Crippen molar-refractivity contribution in [3.05, 3.63) is 65.2 Å². The lowest BCUT2D eigenvalue weighted by Crippen LogP contribution is -2.25. The zero-order valence-corrected chi connectivity index (χ0v) is 15.7. The quantitative estimate of drug-likeness (QED) is 0.413. The third-order valence-corrected chi connectivity index (χ3v) is 3.92. The molecule has 0 spiro atoms. The van der Waals surface area contributed by atoms with Gasteiger partial charge in [-0.05, 0) is 35.8 Å². The van der Waals surface area contributed by atoms with Gasteiger partial charge in [0.1, 0.15) is 18.2 Å². The molecule has 0 aliphatic heterocycles. The molecule has 140 valence electrons. The first-order valence-corrected chi connectivity index (χ1v) is 8.92. The molecule has 5 nitrogen and oxygen atoms in total. The third kappa shape index (κ3) is 6.19. The summed E-state index contributed by atoms with van der Waals surface area (Å²) in [4.78, 5) is 12.1. The number of nitriles is 1. The van der Waals surface area contributed by atoms with Gasteiger partial charge >= 0.3 is 0 Å². The number of hydrogen-bond acceptors (Lipinski definition) is 4. The maximum Gasteiger partial charge on any atom is 0.261 e. The van der Waals surface area contributed by atoms with Crippen LogP contribution in [-0.2, 0) is 11.4 Å². The number of amides is 1. The summed E-state index contributed by atoms with van der Waals surface area (Å²) in [5, 5.41) is 12.0. The zero-order valence-electron chi connectivity index (χ0n) is 15.7. The minimum Gasteiger partial charge on any atom is -0.493 e. The van der Waals surface area contributed by atoms with Gasteiger partial charge in [-0.3, -0.25) is 4.79 Å². The first-order chi connectivity index (χ1) is 13.2. The fraction of sp³-hybridized carbons (Fsp3) is 0.273. The van der Waals surface area contributed by atoms with Crippen molar-refractivity contribution >= 4 is 12.0 Å². The van der Waals surface area contributed by atoms with Crippen LogP contribution in [-0.4, -0.2) is 19.6 Å². The molecule has 1 amide bonds. The molecule has 0 saturated heterocycles. The Kier molecular flexibility index (Phi) is 7.92. The Morgan fingerprint density at radius 2 is 1.96 bits per heavy atom. The number of benzene rings is 2. The van der Waals surface area contributed by atoms with Gasteiger partial charge in [0.2, 0.25) is 0 Å². The van der Waals surface area contributed by atoms with Crippen LogP contribution in [0.15, 0.2) is 54.1 Å². The summed E-state index contributed by atoms with van der Waals surface area (Å²) in [5.41, 5.74) is 1.81. The minimum absolute atomic E-state index is 0.0612. The number of nitrogens with zero attached hydrogens (tertiary/aromatic N) is 1. The fourth-order valence-corrected chi connectivity index (χ4v) is 2.42. The van der Waals surface area contributed by atoms with Crippen molar-refractivity contribution in [1.29, 1.82) is 5.26 Å². The summed E-state index contributed by atoms with van der Waals surface area (Å²) < 4.78 is 11.2. The summed E-state index contributed by atoms with van der Waals surface area (Å²) in [6, 6.07) is 17.1. The Labute approximate surface area is 160 Å². The van der Waals surface area contributed by atoms with Crippen LogP contribution in [0.5, 0.6) is 11.5 Å². The maximum atomic E-state index is 12.1. The molecule has 0 bridgehead atoms. The second-order valence-electron chi connectivity index (χ2n) is 5.96. The molecule has 0 aliphatic carbocycles. The van der Waals surface area contributed by atoms with E-state index in [0.717, 1.165) is 18.4 Å². The Morgan fingerprint density at radius 3 is 2.63 bits per heavy atom. The van der Waals surface area contributed by atoms with E-state index in [1.54, 1.807) is 31.4 Å². The van der Waals surface area contributed by atoms with Gasteiger partial charge < -0.3 is 14.8 Å². The SMILES string of the molecule is CCCCNC(=O)/C(C#N)=C\c1ccc(OCc2ccccc2)c(OC)c1. The molecular weight excluding hydrogens is 340 g/mol. The standard InChI is InChI=1S/C22H24N2O3/c1-3-4-12-24-22(25)19(15-23)13-18-10-11-20(21(14-18)26-2)27-16-17-8-6-5-7-9-17/h5-11,13-14H,3-4,12,16H2,1-2H3,(H,24,25)/b19-13-. The lowest BCUT2D eigenvalue weighted by molar-refractivity contribution is -0.117. The molecule has 0 atom stereocenters. The van der Waals surface area contributed by atoms with Crippen molar-refractivity contribution in [1.82, 2.24) is 5.32 Å². The van der Waals surface area contributed by atoms with E-state index in [4.69, 9.17) is 9.47 Å². The average Bonchev–Trinajstić information content (AvgIpc) is 2.71. The Balaban J connectivity index is 2.11. The molecule has 0 unspecified atom stereocenters. The highest BCUT2D eigenvalue weighted by Gasteiger charge is 2.10. The smallest absolute Gasteiger partial charge is 0.261 e. The molecule has 27 heavy (non-hydrogen) atoms. The maximum absolute atomic E-state index is 12.1. The topological polar surface area (TPSA) is 71.4 Å². The van der Waals surface area contributed by atoms with E-state index in [-0.39, 0.29) is 11.5 Å². The van der Waals surface area contributed by atoms with Gasteiger partial charge in [0, 0.05) is 6.54 Å². The van der Waals surface area contributed by atoms with Crippen LogP contribution >= 0.6 is 0 Å². The number of methoxy groups -OCH3 is 1. The molecule has 1 N–H and O–H groups in total. The van der Waals surface area contributed by atoms with Crippen molar-refractivity contribution in [2.75, 3.05) is 13.7 Å². The van der Waals surface area contributed by atoms with Crippen LogP contribution in [0.3, 0.4) is 0 Å². The highest BCUT2D eigenvalue weighted by molar-refractivity contribution is 6.01. The van der Waals surface area contributed by atoms with Crippen molar-refractivity contribution < 1.29 is 14.3 Å². The molecule has 0 fully saturated rings. The zero-order chi connectivity index (χ0) is 19.5. The number of carbonyl (C=O) groups excluding carboxylic acids is 1. The lowest BCUT2D eigenvalue weighted by atomic mass is 10.1. The minimum atomic E-state index is -0.366. The van der Waals surface area contributed by atoms with Crippen LogP contribution in [0.2, 0.25) is 0 Å². The molecule has 0 aromatic heterocycles. The molecular formula is C22H24N2O3. The van der Waals surface area contributed by atoms with E-state index in [9.17, 15) is 10.1 Å². The van der Waals surface area contributed by atoms with E-state index < -0.39 is 0 Å². The highest BCUT2D eigenvalue weighted by Crippen LogP contribution is 2.29. The molecule has 2 rings (SSSR count). The fourth-order valence-electron chi connectivity index (χ4n) is 2.42. The van der Waals surface area contributed by atoms with Gasteiger partial charge in [-0.1, -0.05) is 49.7 Å². The van der Waals surface area contributed by atoms with Crippen molar-refractivity contribution in [2.24, 2.45) is 0 Å². The van der Waals surface area contributed by atoms with Crippen LogP contribution in [0.25, 0.3) is 6.08 Å². The second kappa shape index (κ2) is 10.7. The number of hydrogen-bond donors (Lipinski definition) is 1. The van der Waals surface area contributed by atoms with E-state index in [2.05, 4.69) is 5.32 Å². The summed E-state index contributed by atoms with van der Waals surface area (Å²) in [7, 11) is 1.56. The number of rotatable bonds is 9. The Bertz CT molecular complexity index is 823. The van der Waals surface area contributed by atoms with Gasteiger partial charge in [0.05, 0.1) is 7.11 Å². The largest absolute Gasteiger partial charge is 0.493 e. The van der Waals surface area contributed by atoms with Gasteiger partial charge in [0.15, 0.2) is 11.5 Å². The summed E-state index contributed by atoms with van der Waals surface area (Å²) >= 11 is 0. The molecule has 2 aromatic carbocycles. The number of ether oxygens (including phenoxy) is 2. The predicted octanol–water partition coefficient (Wildman–Crippen LogP) is 4.10. The summed E-state index contributed by atoms with van der Waals surface area (Å²) in [6.45, 7) is 3.03. The van der Waals surface area contributed by atoms with E-state index in [1.165, 1.54) is 0 Å². The van der Waals surface area contributed by atoms with Crippen LogP contribution in [0, 0.1) is 11.3 Å². The predicted molar refractivity (Wildman–Crippen MR) is 105 cm³/mol. The third-order valence-electron chi connectivity index (χ3n) is 3.92. The first-order valence-electron chi connectivity index (χ1n) is 8.92. The molecule has 0 aliphatic rings. The van der Waals surface area contributed by atoms with Gasteiger partial charge in [-0.25, -0.2) is 0 Å². The lowest BCUT2D eigenvalue weighted by Gasteiger charge is -2.11. The van der Waals surface area contributed by atoms with Crippen LogP contribution in [0.4, 0.5) is 0 Å². The Morgan fingerprint density at radius 1 is 1.19 bits per heavy atom. The van der Waals surface area contributed by atoms with Crippen LogP contribution < -0.4 is 14.8 Å². The number of carbonyl (C=O) groups is 1. The van der Waals surface area contributed by atoms with Gasteiger partial charge in [-0.2, -0.15) is 5.26 Å². The van der Waals surface area contributed by atoms with Crippen molar-refractivity contribution in [3.63, 3.8) is 0 Å². The molecule has 5 heteroatoms.